The molecule has 0 saturated carbocycles. The van der Waals surface area contributed by atoms with Crippen LogP contribution in [0.2, 0.25) is 0 Å². The lowest BCUT2D eigenvalue weighted by Gasteiger charge is -2.18. The molecule has 0 radical (unpaired) electrons. The van der Waals surface area contributed by atoms with Gasteiger partial charge in [-0.05, 0) is 55.0 Å². The standard InChI is InChI=1S/C19H20N2O3S3/c1-4-27(23,24)21(2)14-9-10-16-13(11-14)12-18(26-16)19(22)20-15-7-5-6-8-17(15)25-3/h5-12H,4H2,1-3H3,(H,20,22). The smallest absolute Gasteiger partial charge is 0.265 e. The van der Waals surface area contributed by atoms with Crippen LogP contribution in [0.25, 0.3) is 10.1 Å². The summed E-state index contributed by atoms with van der Waals surface area (Å²) in [6, 6.07) is 14.9. The molecule has 1 heterocycles. The number of sulfonamides is 1. The third kappa shape index (κ3) is 4.12. The summed E-state index contributed by atoms with van der Waals surface area (Å²) in [5.74, 6) is -0.137. The number of para-hydroxylation sites is 1. The van der Waals surface area contributed by atoms with E-state index in [0.717, 1.165) is 20.7 Å². The molecule has 0 aliphatic heterocycles. The molecule has 27 heavy (non-hydrogen) atoms. The van der Waals surface area contributed by atoms with Crippen molar-refractivity contribution in [2.75, 3.05) is 28.7 Å². The Morgan fingerprint density at radius 2 is 1.93 bits per heavy atom. The van der Waals surface area contributed by atoms with Crippen molar-refractivity contribution < 1.29 is 13.2 Å². The monoisotopic (exact) mass is 420 g/mol. The number of nitrogens with zero attached hydrogens (tertiary/aromatic N) is 1. The van der Waals surface area contributed by atoms with E-state index < -0.39 is 10.0 Å². The van der Waals surface area contributed by atoms with Gasteiger partial charge < -0.3 is 5.32 Å². The van der Waals surface area contributed by atoms with Crippen LogP contribution in [0, 0.1) is 0 Å². The van der Waals surface area contributed by atoms with Gasteiger partial charge in [-0.1, -0.05) is 12.1 Å². The van der Waals surface area contributed by atoms with Crippen molar-refractivity contribution in [2.24, 2.45) is 0 Å². The van der Waals surface area contributed by atoms with Crippen LogP contribution in [-0.2, 0) is 10.0 Å². The first-order valence-electron chi connectivity index (χ1n) is 8.30. The van der Waals surface area contributed by atoms with Gasteiger partial charge in [0.05, 0.1) is 22.0 Å². The topological polar surface area (TPSA) is 66.5 Å². The molecule has 1 N–H and O–H groups in total. The molecule has 0 aliphatic carbocycles. The Balaban J connectivity index is 1.89. The predicted molar refractivity (Wildman–Crippen MR) is 116 cm³/mol. The fourth-order valence-corrected chi connectivity index (χ4v) is 4.94. The molecule has 2 aromatic carbocycles. The zero-order valence-corrected chi connectivity index (χ0v) is 17.7. The lowest BCUT2D eigenvalue weighted by Crippen LogP contribution is -2.27. The summed E-state index contributed by atoms with van der Waals surface area (Å²) < 4.78 is 26.4. The van der Waals surface area contributed by atoms with E-state index in [4.69, 9.17) is 0 Å². The molecule has 0 bridgehead atoms. The van der Waals surface area contributed by atoms with E-state index in [0.29, 0.717) is 10.6 Å². The predicted octanol–water partition coefficient (Wildman–Crippen LogP) is 4.66. The maximum atomic E-state index is 12.7. The zero-order chi connectivity index (χ0) is 19.6. The first-order chi connectivity index (χ1) is 12.9. The Labute approximate surface area is 167 Å². The van der Waals surface area contributed by atoms with Crippen LogP contribution in [0.4, 0.5) is 11.4 Å². The lowest BCUT2D eigenvalue weighted by atomic mass is 10.2. The first-order valence-corrected chi connectivity index (χ1v) is 12.0. The minimum atomic E-state index is -3.32. The Morgan fingerprint density at radius 1 is 1.19 bits per heavy atom. The summed E-state index contributed by atoms with van der Waals surface area (Å²) in [7, 11) is -1.78. The SMILES string of the molecule is CCS(=O)(=O)N(C)c1ccc2sc(C(=O)Nc3ccccc3SC)cc2c1. The largest absolute Gasteiger partial charge is 0.320 e. The number of fused-ring (bicyclic) bond motifs is 1. The Morgan fingerprint density at radius 3 is 2.63 bits per heavy atom. The highest BCUT2D eigenvalue weighted by atomic mass is 32.2. The number of thioether (sulfide) groups is 1. The van der Waals surface area contributed by atoms with Crippen LogP contribution in [-0.4, -0.2) is 33.4 Å². The molecule has 3 aromatic rings. The normalized spacial score (nSPS) is 11.5. The highest BCUT2D eigenvalue weighted by Crippen LogP contribution is 2.31. The van der Waals surface area contributed by atoms with Crippen LogP contribution in [0.5, 0.6) is 0 Å². The molecule has 0 aliphatic rings. The molecule has 0 spiro atoms. The van der Waals surface area contributed by atoms with E-state index in [1.54, 1.807) is 43.9 Å². The Hall–Kier alpha value is -2.03. The van der Waals surface area contributed by atoms with E-state index in [1.807, 2.05) is 36.6 Å². The van der Waals surface area contributed by atoms with Gasteiger partial charge in [-0.3, -0.25) is 9.10 Å². The van der Waals surface area contributed by atoms with Gasteiger partial charge in [0.25, 0.3) is 5.91 Å². The molecule has 8 heteroatoms. The maximum absolute atomic E-state index is 12.7. The Kier molecular flexibility index (Phi) is 5.78. The average molecular weight is 421 g/mol. The average Bonchev–Trinajstić information content (AvgIpc) is 3.11. The number of hydrogen-bond acceptors (Lipinski definition) is 5. The molecular formula is C19H20N2O3S3. The number of nitrogens with one attached hydrogen (secondary N) is 1. The van der Waals surface area contributed by atoms with Gasteiger partial charge in [-0.2, -0.15) is 0 Å². The van der Waals surface area contributed by atoms with Crippen LogP contribution in [0.3, 0.4) is 0 Å². The van der Waals surface area contributed by atoms with E-state index in [1.165, 1.54) is 15.6 Å². The van der Waals surface area contributed by atoms with E-state index >= 15 is 0 Å². The summed E-state index contributed by atoms with van der Waals surface area (Å²) in [5.41, 5.74) is 1.36. The van der Waals surface area contributed by atoms with Crippen molar-refractivity contribution in [3.63, 3.8) is 0 Å². The molecule has 1 amide bonds. The number of amides is 1. The number of rotatable bonds is 6. The molecule has 0 fully saturated rings. The quantitative estimate of drug-likeness (QED) is 0.589. The van der Waals surface area contributed by atoms with Gasteiger partial charge in [-0.15, -0.1) is 23.1 Å². The van der Waals surface area contributed by atoms with Gasteiger partial charge >= 0.3 is 0 Å². The number of carbonyl (C=O) groups excluding carboxylic acids is 1. The van der Waals surface area contributed by atoms with Gasteiger partial charge in [-0.25, -0.2) is 8.42 Å². The summed E-state index contributed by atoms with van der Waals surface area (Å²) in [4.78, 5) is 14.2. The second kappa shape index (κ2) is 7.92. The second-order valence-corrected chi connectivity index (χ2v) is 10.1. The van der Waals surface area contributed by atoms with Crippen molar-refractivity contribution in [1.29, 1.82) is 0 Å². The fraction of sp³-hybridized carbons (Fsp3) is 0.211. The second-order valence-electron chi connectivity index (χ2n) is 5.86. The lowest BCUT2D eigenvalue weighted by molar-refractivity contribution is 0.103. The van der Waals surface area contributed by atoms with E-state index in [-0.39, 0.29) is 11.7 Å². The van der Waals surface area contributed by atoms with Gasteiger partial charge in [0.1, 0.15) is 0 Å². The Bertz CT molecular complexity index is 1090. The minimum Gasteiger partial charge on any atom is -0.320 e. The van der Waals surface area contributed by atoms with Crippen molar-refractivity contribution in [2.45, 2.75) is 11.8 Å². The molecule has 5 nitrogen and oxygen atoms in total. The number of benzene rings is 2. The van der Waals surface area contributed by atoms with Crippen molar-refractivity contribution >= 4 is 60.5 Å². The number of anilines is 2. The highest BCUT2D eigenvalue weighted by Gasteiger charge is 2.17. The number of carbonyl (C=O) groups is 1. The van der Waals surface area contributed by atoms with Gasteiger partial charge in [0, 0.05) is 16.6 Å². The molecule has 0 saturated heterocycles. The van der Waals surface area contributed by atoms with E-state index in [9.17, 15) is 13.2 Å². The maximum Gasteiger partial charge on any atom is 0.265 e. The van der Waals surface area contributed by atoms with Crippen LogP contribution >= 0.6 is 23.1 Å². The van der Waals surface area contributed by atoms with Crippen LogP contribution < -0.4 is 9.62 Å². The van der Waals surface area contributed by atoms with E-state index in [2.05, 4.69) is 5.32 Å². The van der Waals surface area contributed by atoms with Crippen LogP contribution in [0.1, 0.15) is 16.6 Å². The first kappa shape index (κ1) is 19.7. The molecular weight excluding hydrogens is 400 g/mol. The zero-order valence-electron chi connectivity index (χ0n) is 15.2. The van der Waals surface area contributed by atoms with Crippen molar-refractivity contribution in [1.82, 2.24) is 0 Å². The highest BCUT2D eigenvalue weighted by molar-refractivity contribution is 7.98. The van der Waals surface area contributed by atoms with Crippen LogP contribution in [0.15, 0.2) is 53.4 Å². The molecule has 0 atom stereocenters. The van der Waals surface area contributed by atoms with Gasteiger partial charge in [0.2, 0.25) is 10.0 Å². The summed E-state index contributed by atoms with van der Waals surface area (Å²) in [6.45, 7) is 1.61. The van der Waals surface area contributed by atoms with Crippen molar-refractivity contribution in [3.05, 3.63) is 53.4 Å². The van der Waals surface area contributed by atoms with Crippen molar-refractivity contribution in [3.8, 4) is 0 Å². The summed E-state index contributed by atoms with van der Waals surface area (Å²) >= 11 is 2.96. The summed E-state index contributed by atoms with van der Waals surface area (Å²) in [6.07, 6.45) is 1.97. The number of thiophene rings is 1. The summed E-state index contributed by atoms with van der Waals surface area (Å²) in [5, 5.41) is 3.80. The molecule has 142 valence electrons. The molecule has 1 aromatic heterocycles. The van der Waals surface area contributed by atoms with Gasteiger partial charge in [0.15, 0.2) is 0 Å². The number of hydrogen-bond donors (Lipinski definition) is 1. The third-order valence-electron chi connectivity index (χ3n) is 4.22. The molecule has 0 unspecified atom stereocenters. The fourth-order valence-electron chi connectivity index (χ4n) is 2.62. The minimum absolute atomic E-state index is 0.0354. The molecule has 3 rings (SSSR count). The third-order valence-corrected chi connectivity index (χ3v) is 7.91.